The summed E-state index contributed by atoms with van der Waals surface area (Å²) >= 11 is 13.7. The van der Waals surface area contributed by atoms with E-state index in [1.807, 2.05) is 18.5 Å². The molecule has 5 rings (SSSR count). The molecule has 0 saturated heterocycles. The molecule has 0 N–H and O–H groups in total. The van der Waals surface area contributed by atoms with Crippen LogP contribution >= 0.6 is 35.0 Å². The van der Waals surface area contributed by atoms with Crippen LogP contribution < -0.4 is 0 Å². The molecular formula is C23H21Cl2N3S. The number of benzene rings is 1. The summed E-state index contributed by atoms with van der Waals surface area (Å²) in [6.45, 7) is 0. The Morgan fingerprint density at radius 1 is 0.897 bits per heavy atom. The molecule has 148 valence electrons. The zero-order valence-corrected chi connectivity index (χ0v) is 18.3. The number of nitrogens with zero attached hydrogens (tertiary/aromatic N) is 3. The Hall–Kier alpha value is -1.62. The normalized spacial score (nSPS) is 18.1. The molecule has 29 heavy (non-hydrogen) atoms. The fraction of sp³-hybridized carbons (Fsp3) is 0.348. The van der Waals surface area contributed by atoms with Crippen molar-refractivity contribution in [1.82, 2.24) is 15.0 Å². The van der Waals surface area contributed by atoms with Crippen molar-refractivity contribution in [1.29, 1.82) is 0 Å². The third-order valence-electron chi connectivity index (χ3n) is 6.39. The van der Waals surface area contributed by atoms with Gasteiger partial charge in [-0.3, -0.25) is 4.98 Å². The van der Waals surface area contributed by atoms with Crippen molar-refractivity contribution in [2.24, 2.45) is 5.41 Å². The summed E-state index contributed by atoms with van der Waals surface area (Å²) in [7, 11) is 0. The molecule has 6 heteroatoms. The van der Waals surface area contributed by atoms with Crippen molar-refractivity contribution < 1.29 is 0 Å². The first-order chi connectivity index (χ1) is 14.1. The molecule has 3 aromatic rings. The van der Waals surface area contributed by atoms with Crippen LogP contribution in [0.3, 0.4) is 0 Å². The quantitative estimate of drug-likeness (QED) is 0.420. The minimum atomic E-state index is 0.312. The predicted molar refractivity (Wildman–Crippen MR) is 118 cm³/mol. The van der Waals surface area contributed by atoms with E-state index in [0.717, 1.165) is 15.6 Å². The molecule has 1 aromatic carbocycles. The summed E-state index contributed by atoms with van der Waals surface area (Å²) in [6.07, 6.45) is 12.9. The summed E-state index contributed by atoms with van der Waals surface area (Å²) in [5, 5.41) is 1.59. The van der Waals surface area contributed by atoms with Crippen LogP contribution in [0.15, 0.2) is 58.8 Å². The van der Waals surface area contributed by atoms with E-state index < -0.39 is 0 Å². The maximum Gasteiger partial charge on any atom is 0.148 e. The lowest BCUT2D eigenvalue weighted by Crippen LogP contribution is -2.27. The van der Waals surface area contributed by atoms with Crippen LogP contribution in [0.5, 0.6) is 0 Å². The van der Waals surface area contributed by atoms with Gasteiger partial charge in [0, 0.05) is 17.0 Å². The first-order valence-corrected chi connectivity index (χ1v) is 11.6. The molecular weight excluding hydrogens is 421 g/mol. The molecule has 1 saturated carbocycles. The van der Waals surface area contributed by atoms with Crippen molar-refractivity contribution in [3.63, 3.8) is 0 Å². The first-order valence-electron chi connectivity index (χ1n) is 9.98. The van der Waals surface area contributed by atoms with E-state index in [4.69, 9.17) is 28.2 Å². The summed E-state index contributed by atoms with van der Waals surface area (Å²) in [5.41, 5.74) is 4.70. The van der Waals surface area contributed by atoms with Gasteiger partial charge in [-0.1, -0.05) is 59.2 Å². The van der Waals surface area contributed by atoms with Gasteiger partial charge < -0.3 is 0 Å². The lowest BCUT2D eigenvalue weighted by molar-refractivity contribution is 0.185. The average Bonchev–Trinajstić information content (AvgIpc) is 3.10. The largest absolute Gasteiger partial charge is 0.257 e. The first kappa shape index (κ1) is 19.3. The molecule has 1 fully saturated rings. The Bertz CT molecular complexity index is 1000. The summed E-state index contributed by atoms with van der Waals surface area (Å²) < 4.78 is 0. The lowest BCUT2D eigenvalue weighted by Gasteiger charge is -2.37. The summed E-state index contributed by atoms with van der Waals surface area (Å²) in [4.78, 5) is 14.2. The van der Waals surface area contributed by atoms with Gasteiger partial charge in [-0.25, -0.2) is 9.97 Å². The summed E-state index contributed by atoms with van der Waals surface area (Å²) in [6, 6.07) is 10.8. The lowest BCUT2D eigenvalue weighted by atomic mass is 9.68. The second kappa shape index (κ2) is 7.90. The van der Waals surface area contributed by atoms with Gasteiger partial charge in [-0.15, -0.1) is 0 Å². The van der Waals surface area contributed by atoms with Gasteiger partial charge in [0.05, 0.1) is 23.1 Å². The van der Waals surface area contributed by atoms with Gasteiger partial charge >= 0.3 is 0 Å². The van der Waals surface area contributed by atoms with Crippen LogP contribution in [0.1, 0.15) is 48.4 Å². The van der Waals surface area contributed by atoms with E-state index in [9.17, 15) is 0 Å². The van der Waals surface area contributed by atoms with E-state index in [-0.39, 0.29) is 0 Å². The van der Waals surface area contributed by atoms with Gasteiger partial charge in [-0.2, -0.15) is 0 Å². The molecule has 0 radical (unpaired) electrons. The van der Waals surface area contributed by atoms with Crippen molar-refractivity contribution in [2.75, 3.05) is 0 Å². The van der Waals surface area contributed by atoms with Gasteiger partial charge in [0.2, 0.25) is 0 Å². The number of aromatic nitrogens is 3. The highest BCUT2D eigenvalue weighted by Crippen LogP contribution is 2.50. The second-order valence-electron chi connectivity index (χ2n) is 8.19. The van der Waals surface area contributed by atoms with Gasteiger partial charge in [-0.05, 0) is 61.1 Å². The SMILES string of the molecule is Clc1nccc(Sc2cnc(C3CCC4(CC3)Cc3ccccc3C4)cn2)c1Cl. The molecule has 2 aliphatic rings. The van der Waals surface area contributed by atoms with Crippen molar-refractivity contribution in [3.8, 4) is 0 Å². The van der Waals surface area contributed by atoms with E-state index in [1.54, 1.807) is 17.3 Å². The molecule has 0 unspecified atom stereocenters. The number of halogens is 2. The molecule has 3 nitrogen and oxygen atoms in total. The zero-order chi connectivity index (χ0) is 19.8. The highest BCUT2D eigenvalue weighted by atomic mass is 35.5. The van der Waals surface area contributed by atoms with Gasteiger partial charge in [0.1, 0.15) is 10.2 Å². The molecule has 0 aliphatic heterocycles. The molecule has 2 aliphatic carbocycles. The van der Waals surface area contributed by atoms with Crippen LogP contribution in [0.25, 0.3) is 0 Å². The standard InChI is InChI=1S/C23H21Cl2N3S/c24-21-19(7-10-26-22(21)25)29-20-14-27-18(13-28-20)15-5-8-23(9-6-15)11-16-3-1-2-4-17(16)12-23/h1-4,7,10,13-15H,5-6,8-9,11-12H2. The number of hydrogen-bond acceptors (Lipinski definition) is 4. The zero-order valence-electron chi connectivity index (χ0n) is 15.9. The Morgan fingerprint density at radius 3 is 2.28 bits per heavy atom. The monoisotopic (exact) mass is 441 g/mol. The number of fused-ring (bicyclic) bond motifs is 1. The van der Waals surface area contributed by atoms with E-state index >= 15 is 0 Å². The van der Waals surface area contributed by atoms with Gasteiger partial charge in [0.25, 0.3) is 0 Å². The topological polar surface area (TPSA) is 38.7 Å². The minimum Gasteiger partial charge on any atom is -0.257 e. The van der Waals surface area contributed by atoms with Crippen molar-refractivity contribution in [3.05, 3.63) is 75.9 Å². The van der Waals surface area contributed by atoms with Crippen LogP contribution in [0, 0.1) is 5.41 Å². The second-order valence-corrected chi connectivity index (χ2v) is 9.99. The molecule has 1 spiro atoms. The van der Waals surface area contributed by atoms with E-state index in [2.05, 4.69) is 34.2 Å². The Labute approximate surface area is 185 Å². The number of pyridine rings is 1. The third kappa shape index (κ3) is 3.90. The Morgan fingerprint density at radius 2 is 1.62 bits per heavy atom. The van der Waals surface area contributed by atoms with Gasteiger partial charge in [0.15, 0.2) is 0 Å². The van der Waals surface area contributed by atoms with Crippen LogP contribution in [-0.2, 0) is 12.8 Å². The highest BCUT2D eigenvalue weighted by Gasteiger charge is 2.40. The molecule has 0 atom stereocenters. The average molecular weight is 442 g/mol. The highest BCUT2D eigenvalue weighted by molar-refractivity contribution is 7.99. The smallest absolute Gasteiger partial charge is 0.148 e. The molecule has 0 bridgehead atoms. The maximum atomic E-state index is 6.23. The van der Waals surface area contributed by atoms with Crippen LogP contribution in [0.2, 0.25) is 10.2 Å². The fourth-order valence-corrected chi connectivity index (χ4v) is 6.03. The predicted octanol–water partition coefficient (Wildman–Crippen LogP) is 6.77. The minimum absolute atomic E-state index is 0.312. The maximum absolute atomic E-state index is 6.23. The molecule has 2 heterocycles. The number of hydrogen-bond donors (Lipinski definition) is 0. The number of rotatable bonds is 3. The van der Waals surface area contributed by atoms with E-state index in [1.165, 1.54) is 50.3 Å². The van der Waals surface area contributed by atoms with E-state index in [0.29, 0.717) is 21.5 Å². The van der Waals surface area contributed by atoms with Crippen LogP contribution in [0.4, 0.5) is 0 Å². The third-order valence-corrected chi connectivity index (χ3v) is 8.25. The molecule has 0 amide bonds. The summed E-state index contributed by atoms with van der Waals surface area (Å²) in [5.74, 6) is 0.509. The molecule has 2 aromatic heterocycles. The fourth-order valence-electron chi connectivity index (χ4n) is 4.84. The van der Waals surface area contributed by atoms with Crippen molar-refractivity contribution >= 4 is 35.0 Å². The van der Waals surface area contributed by atoms with Crippen LogP contribution in [-0.4, -0.2) is 15.0 Å². The Balaban J connectivity index is 1.24. The Kier molecular flexibility index (Phi) is 5.27. The van der Waals surface area contributed by atoms with Crippen molar-refractivity contribution in [2.45, 2.75) is 54.4 Å².